The third-order valence-corrected chi connectivity index (χ3v) is 3.51. The minimum Gasteiger partial charge on any atom is -0.457 e. The Labute approximate surface area is 111 Å². The molecule has 1 radical (unpaired) electrons. The fourth-order valence-electron chi connectivity index (χ4n) is 1.39. The molecule has 2 aromatic rings. The molecule has 0 N–H and O–H groups in total. The first-order chi connectivity index (χ1) is 8.29. The summed E-state index contributed by atoms with van der Waals surface area (Å²) < 4.78 is 5.68. The van der Waals surface area contributed by atoms with Gasteiger partial charge in [0.05, 0.1) is 5.02 Å². The summed E-state index contributed by atoms with van der Waals surface area (Å²) in [5, 5.41) is 0.733. The smallest absolute Gasteiger partial charge is 0.128 e. The van der Waals surface area contributed by atoms with Crippen molar-refractivity contribution in [2.24, 2.45) is 0 Å². The highest BCUT2D eigenvalue weighted by molar-refractivity contribution is 7.99. The van der Waals surface area contributed by atoms with Gasteiger partial charge in [-0.2, -0.15) is 0 Å². The van der Waals surface area contributed by atoms with Crippen LogP contribution in [0.2, 0.25) is 5.02 Å². The molecule has 1 nitrogen and oxygen atoms in total. The number of rotatable bonds is 4. The third kappa shape index (κ3) is 3.42. The molecular weight excluding hydrogens is 252 g/mol. The molecule has 3 heteroatoms. The molecule has 0 amide bonds. The van der Waals surface area contributed by atoms with Gasteiger partial charge in [0.25, 0.3) is 0 Å². The molecule has 0 heterocycles. The lowest BCUT2D eigenvalue weighted by Gasteiger charge is -2.07. The first-order valence-corrected chi connectivity index (χ1v) is 6.72. The Hall–Kier alpha value is -1.12. The van der Waals surface area contributed by atoms with E-state index in [1.54, 1.807) is 11.8 Å². The summed E-state index contributed by atoms with van der Waals surface area (Å²) >= 11 is 7.89. The van der Waals surface area contributed by atoms with Gasteiger partial charge in [-0.25, -0.2) is 0 Å². The molecule has 0 saturated carbocycles. The van der Waals surface area contributed by atoms with E-state index in [0.29, 0.717) is 0 Å². The van der Waals surface area contributed by atoms with Crippen molar-refractivity contribution >= 4 is 23.4 Å². The van der Waals surface area contributed by atoms with Crippen LogP contribution in [0.15, 0.2) is 47.4 Å². The van der Waals surface area contributed by atoms with Crippen LogP contribution in [0.5, 0.6) is 11.5 Å². The van der Waals surface area contributed by atoms with Crippen LogP contribution in [0.3, 0.4) is 0 Å². The average molecular weight is 264 g/mol. The van der Waals surface area contributed by atoms with E-state index in [4.69, 9.17) is 16.3 Å². The molecule has 0 saturated heterocycles. The number of hydrogen-bond donors (Lipinski definition) is 0. The van der Waals surface area contributed by atoms with E-state index in [1.807, 2.05) is 42.5 Å². The maximum atomic E-state index is 6.17. The van der Waals surface area contributed by atoms with Crippen LogP contribution in [0.4, 0.5) is 0 Å². The summed E-state index contributed by atoms with van der Waals surface area (Å²) in [6, 6.07) is 16.1. The van der Waals surface area contributed by atoms with E-state index < -0.39 is 0 Å². The predicted molar refractivity (Wildman–Crippen MR) is 73.2 cm³/mol. The summed E-state index contributed by atoms with van der Waals surface area (Å²) in [5.74, 6) is 2.55. The van der Waals surface area contributed by atoms with Gasteiger partial charge in [0.2, 0.25) is 0 Å². The van der Waals surface area contributed by atoms with Crippen molar-refractivity contribution in [3.8, 4) is 11.5 Å². The molecule has 0 fully saturated rings. The van der Waals surface area contributed by atoms with Crippen molar-refractivity contribution in [3.05, 3.63) is 53.6 Å². The molecule has 2 rings (SSSR count). The minimum atomic E-state index is 0.733. The monoisotopic (exact) mass is 263 g/mol. The maximum absolute atomic E-state index is 6.17. The van der Waals surface area contributed by atoms with Crippen LogP contribution in [0, 0.1) is 6.07 Å². The molecule has 0 aliphatic carbocycles. The number of benzene rings is 2. The van der Waals surface area contributed by atoms with Gasteiger partial charge in [-0.15, -0.1) is 11.8 Å². The Morgan fingerprint density at radius 3 is 2.59 bits per heavy atom. The number of thioether (sulfide) groups is 1. The first kappa shape index (κ1) is 12.3. The first-order valence-electron chi connectivity index (χ1n) is 5.36. The van der Waals surface area contributed by atoms with Crippen LogP contribution in [-0.4, -0.2) is 5.75 Å². The second kappa shape index (κ2) is 5.99. The molecule has 87 valence electrons. The minimum absolute atomic E-state index is 0.733. The summed E-state index contributed by atoms with van der Waals surface area (Å²) in [6.07, 6.45) is 0. The second-order valence-electron chi connectivity index (χ2n) is 3.36. The largest absolute Gasteiger partial charge is 0.457 e. The zero-order chi connectivity index (χ0) is 12.1. The van der Waals surface area contributed by atoms with E-state index >= 15 is 0 Å². The van der Waals surface area contributed by atoms with Gasteiger partial charge in [-0.3, -0.25) is 0 Å². The van der Waals surface area contributed by atoms with Crippen LogP contribution >= 0.6 is 23.4 Å². The van der Waals surface area contributed by atoms with Gasteiger partial charge >= 0.3 is 0 Å². The van der Waals surface area contributed by atoms with Gasteiger partial charge < -0.3 is 4.74 Å². The predicted octanol–water partition coefficient (Wildman–Crippen LogP) is 5.04. The zero-order valence-corrected chi connectivity index (χ0v) is 11.0. The van der Waals surface area contributed by atoms with E-state index in [-0.39, 0.29) is 0 Å². The molecule has 0 unspecified atom stereocenters. The normalized spacial score (nSPS) is 10.2. The highest BCUT2D eigenvalue weighted by atomic mass is 35.5. The molecule has 0 spiro atoms. The fourth-order valence-corrected chi connectivity index (χ4v) is 2.40. The lowest BCUT2D eigenvalue weighted by molar-refractivity contribution is 0.482. The van der Waals surface area contributed by atoms with Crippen LogP contribution in [0.1, 0.15) is 6.92 Å². The van der Waals surface area contributed by atoms with E-state index in [1.165, 1.54) is 0 Å². The maximum Gasteiger partial charge on any atom is 0.128 e. The Bertz CT molecular complexity index is 485. The highest BCUT2D eigenvalue weighted by Gasteiger charge is 2.03. The Morgan fingerprint density at radius 2 is 1.94 bits per heavy atom. The summed E-state index contributed by atoms with van der Waals surface area (Å²) in [7, 11) is 0. The average Bonchev–Trinajstić information content (AvgIpc) is 2.34. The lowest BCUT2D eigenvalue weighted by atomic mass is 10.3. The van der Waals surface area contributed by atoms with Crippen LogP contribution in [-0.2, 0) is 0 Å². The molecule has 0 bridgehead atoms. The van der Waals surface area contributed by atoms with Gasteiger partial charge in [-0.05, 0) is 36.1 Å². The van der Waals surface area contributed by atoms with Gasteiger partial charge in [0, 0.05) is 11.0 Å². The van der Waals surface area contributed by atoms with E-state index in [9.17, 15) is 0 Å². The molecule has 0 aliphatic heterocycles. The summed E-state index contributed by atoms with van der Waals surface area (Å²) in [6.45, 7) is 2.10. The van der Waals surface area contributed by atoms with Crippen LogP contribution < -0.4 is 4.74 Å². The number of halogens is 1. The number of hydrogen-bond acceptors (Lipinski definition) is 2. The van der Waals surface area contributed by atoms with Crippen LogP contribution in [0.25, 0.3) is 0 Å². The van der Waals surface area contributed by atoms with Crippen molar-refractivity contribution < 1.29 is 4.74 Å². The highest BCUT2D eigenvalue weighted by Crippen LogP contribution is 2.32. The van der Waals surface area contributed by atoms with E-state index in [0.717, 1.165) is 27.2 Å². The van der Waals surface area contributed by atoms with Crippen molar-refractivity contribution in [2.75, 3.05) is 5.75 Å². The fraction of sp³-hybridized carbons (Fsp3) is 0.143. The molecular formula is C14H12ClOS. The quantitative estimate of drug-likeness (QED) is 0.715. The Kier molecular flexibility index (Phi) is 4.35. The van der Waals surface area contributed by atoms with Gasteiger partial charge in [0.15, 0.2) is 0 Å². The SMILES string of the molecule is CCSc1ccc(Oc2cc[c]cc2)cc1Cl. The van der Waals surface area contributed by atoms with Crippen molar-refractivity contribution in [2.45, 2.75) is 11.8 Å². The topological polar surface area (TPSA) is 9.23 Å². The molecule has 0 aliphatic rings. The van der Waals surface area contributed by atoms with Gasteiger partial charge in [-0.1, -0.05) is 30.7 Å². The summed E-state index contributed by atoms with van der Waals surface area (Å²) in [5.41, 5.74) is 0. The summed E-state index contributed by atoms with van der Waals surface area (Å²) in [4.78, 5) is 1.09. The van der Waals surface area contributed by atoms with E-state index in [2.05, 4.69) is 13.0 Å². The molecule has 0 atom stereocenters. The second-order valence-corrected chi connectivity index (χ2v) is 5.08. The Balaban J connectivity index is 2.15. The third-order valence-electron chi connectivity index (χ3n) is 2.13. The zero-order valence-electron chi connectivity index (χ0n) is 9.44. The number of ether oxygens (including phenoxy) is 1. The van der Waals surface area contributed by atoms with Crippen molar-refractivity contribution in [1.29, 1.82) is 0 Å². The van der Waals surface area contributed by atoms with Gasteiger partial charge in [0.1, 0.15) is 11.5 Å². The molecule has 17 heavy (non-hydrogen) atoms. The molecule has 2 aromatic carbocycles. The Morgan fingerprint density at radius 1 is 1.18 bits per heavy atom. The lowest BCUT2D eigenvalue weighted by Crippen LogP contribution is -1.84. The van der Waals surface area contributed by atoms with Crippen molar-refractivity contribution in [3.63, 3.8) is 0 Å². The molecule has 0 aromatic heterocycles. The standard InChI is InChI=1S/C14H12ClOS/c1-2-17-14-9-8-12(10-13(14)15)16-11-6-4-3-5-7-11/h4-10H,2H2,1H3. The van der Waals surface area contributed by atoms with Crippen molar-refractivity contribution in [1.82, 2.24) is 0 Å².